The minimum absolute atomic E-state index is 1.49. The van der Waals surface area contributed by atoms with Crippen LogP contribution in [-0.2, 0) is 0 Å². The molecule has 0 spiro atoms. The van der Waals surface area contributed by atoms with Crippen LogP contribution in [0.3, 0.4) is 0 Å². The molecule has 0 amide bonds. The van der Waals surface area contributed by atoms with E-state index in [-0.39, 0.29) is 0 Å². The molecule has 1 aliphatic rings. The number of rotatable bonds is 1. The van der Waals surface area contributed by atoms with E-state index in [1.54, 1.807) is 10.9 Å². The zero-order valence-electron chi connectivity index (χ0n) is 3.88. The number of nitrogens with zero attached hydrogens (tertiary/aromatic N) is 2. The van der Waals surface area contributed by atoms with E-state index >= 15 is 0 Å². The zero-order valence-corrected chi connectivity index (χ0v) is 4.70. The molecule has 0 bridgehead atoms. The molecule has 0 aliphatic carbocycles. The third kappa shape index (κ3) is 0.971. The zero-order chi connectivity index (χ0) is 5.11. The van der Waals surface area contributed by atoms with Crippen LogP contribution in [-0.4, -0.2) is 17.1 Å². The summed E-state index contributed by atoms with van der Waals surface area (Å²) in [5, 5.41) is 3.80. The summed E-state index contributed by atoms with van der Waals surface area (Å²) in [6, 6.07) is 0. The van der Waals surface area contributed by atoms with E-state index in [9.17, 15) is 0 Å². The van der Waals surface area contributed by atoms with Crippen molar-refractivity contribution in [2.24, 2.45) is 5.10 Å². The molecular formula is C2H6N4S. The van der Waals surface area contributed by atoms with Crippen molar-refractivity contribution in [3.8, 4) is 0 Å². The molecule has 40 valence electrons. The quantitative estimate of drug-likeness (QED) is 0.457. The summed E-state index contributed by atoms with van der Waals surface area (Å²) in [5.74, 6) is 0. The van der Waals surface area contributed by atoms with Crippen LogP contribution in [0.4, 0.5) is 0 Å². The van der Waals surface area contributed by atoms with Gasteiger partial charge in [0.15, 0.2) is 0 Å². The standard InChI is InChI=1S/C2H6N4S/c1-7-6-4-2-3-5-6/h2,5H,1H3,(H,3,4). The van der Waals surface area contributed by atoms with E-state index in [0.29, 0.717) is 0 Å². The van der Waals surface area contributed by atoms with Crippen molar-refractivity contribution in [3.05, 3.63) is 0 Å². The Hall–Kier alpha value is -0.420. The lowest BCUT2D eigenvalue weighted by Gasteiger charge is -2.05. The van der Waals surface area contributed by atoms with Crippen LogP contribution in [0.25, 0.3) is 0 Å². The molecule has 0 radical (unpaired) electrons. The molecule has 1 rings (SSSR count). The van der Waals surface area contributed by atoms with Gasteiger partial charge in [-0.05, 0) is 11.9 Å². The number of hydrogen-bond acceptors (Lipinski definition) is 5. The normalized spacial score (nSPS) is 17.6. The Bertz CT molecular complexity index is 81.8. The Labute approximate surface area is 46.0 Å². The second kappa shape index (κ2) is 2.04. The summed E-state index contributed by atoms with van der Waals surface area (Å²) >= 11 is 1.49. The SMILES string of the molecule is CSN1N=CNN1. The second-order valence-corrected chi connectivity index (χ2v) is 1.67. The molecule has 0 aromatic carbocycles. The highest BCUT2D eigenvalue weighted by Crippen LogP contribution is 1.99. The van der Waals surface area contributed by atoms with Gasteiger partial charge in [0, 0.05) is 6.26 Å². The van der Waals surface area contributed by atoms with Crippen LogP contribution in [0.1, 0.15) is 0 Å². The second-order valence-electron chi connectivity index (χ2n) is 0.956. The van der Waals surface area contributed by atoms with Crippen molar-refractivity contribution in [1.29, 1.82) is 0 Å². The van der Waals surface area contributed by atoms with Crippen LogP contribution in [0.2, 0.25) is 0 Å². The molecule has 0 unspecified atom stereocenters. The van der Waals surface area contributed by atoms with Gasteiger partial charge < -0.3 is 0 Å². The van der Waals surface area contributed by atoms with Gasteiger partial charge in [-0.1, -0.05) is 0 Å². The predicted molar refractivity (Wildman–Crippen MR) is 30.1 cm³/mol. The summed E-state index contributed by atoms with van der Waals surface area (Å²) in [6.07, 6.45) is 3.51. The molecular weight excluding hydrogens is 112 g/mol. The van der Waals surface area contributed by atoms with Gasteiger partial charge in [0.05, 0.1) is 0 Å². The van der Waals surface area contributed by atoms with Crippen molar-refractivity contribution >= 4 is 18.3 Å². The first-order valence-corrected chi connectivity index (χ1v) is 2.99. The highest BCUT2D eigenvalue weighted by atomic mass is 32.2. The predicted octanol–water partition coefficient (Wildman–Crippen LogP) is -0.468. The van der Waals surface area contributed by atoms with Crippen molar-refractivity contribution in [1.82, 2.24) is 15.5 Å². The molecule has 5 heteroatoms. The van der Waals surface area contributed by atoms with Gasteiger partial charge in [0.2, 0.25) is 0 Å². The minimum Gasteiger partial charge on any atom is -0.290 e. The summed E-state index contributed by atoms with van der Waals surface area (Å²) in [5.41, 5.74) is 5.42. The maximum absolute atomic E-state index is 3.80. The van der Waals surface area contributed by atoms with E-state index in [2.05, 4.69) is 16.1 Å². The first-order valence-electron chi connectivity index (χ1n) is 1.81. The minimum atomic E-state index is 1.49. The third-order valence-corrected chi connectivity index (χ3v) is 1.09. The number of hydrazone groups is 1. The molecule has 0 fully saturated rings. The molecule has 0 saturated heterocycles. The lowest BCUT2D eigenvalue weighted by Crippen LogP contribution is -2.31. The Balaban J connectivity index is 2.28. The van der Waals surface area contributed by atoms with Gasteiger partial charge in [0.25, 0.3) is 0 Å². The van der Waals surface area contributed by atoms with E-state index in [0.717, 1.165) is 0 Å². The van der Waals surface area contributed by atoms with Crippen LogP contribution in [0.5, 0.6) is 0 Å². The van der Waals surface area contributed by atoms with E-state index in [1.165, 1.54) is 11.9 Å². The molecule has 0 saturated carbocycles. The highest BCUT2D eigenvalue weighted by molar-refractivity contribution is 7.96. The van der Waals surface area contributed by atoms with Gasteiger partial charge in [-0.2, -0.15) is 0 Å². The Morgan fingerprint density at radius 2 is 2.71 bits per heavy atom. The summed E-state index contributed by atoms with van der Waals surface area (Å²) < 4.78 is 1.61. The van der Waals surface area contributed by atoms with Gasteiger partial charge in [0.1, 0.15) is 6.34 Å². The molecule has 4 nitrogen and oxygen atoms in total. The van der Waals surface area contributed by atoms with Crippen LogP contribution in [0, 0.1) is 0 Å². The fraction of sp³-hybridized carbons (Fsp3) is 0.500. The summed E-state index contributed by atoms with van der Waals surface area (Å²) in [7, 11) is 0. The van der Waals surface area contributed by atoms with Crippen LogP contribution in [0.15, 0.2) is 5.10 Å². The maximum atomic E-state index is 3.80. The molecule has 1 heterocycles. The van der Waals surface area contributed by atoms with Crippen molar-refractivity contribution in [3.63, 3.8) is 0 Å². The van der Waals surface area contributed by atoms with E-state index < -0.39 is 0 Å². The number of hydrogen-bond donors (Lipinski definition) is 2. The fourth-order valence-corrected chi connectivity index (χ4v) is 0.572. The Kier molecular flexibility index (Phi) is 1.38. The van der Waals surface area contributed by atoms with Gasteiger partial charge in [-0.25, -0.2) is 0 Å². The largest absolute Gasteiger partial charge is 0.290 e. The molecule has 0 aromatic heterocycles. The van der Waals surface area contributed by atoms with Crippen LogP contribution >= 0.6 is 11.9 Å². The van der Waals surface area contributed by atoms with E-state index in [1.807, 2.05) is 6.26 Å². The topological polar surface area (TPSA) is 39.7 Å². The first kappa shape index (κ1) is 4.73. The van der Waals surface area contributed by atoms with Crippen molar-refractivity contribution < 1.29 is 0 Å². The third-order valence-electron chi connectivity index (χ3n) is 0.560. The average Bonchev–Trinajstić information content (AvgIpc) is 2.14. The Morgan fingerprint density at radius 3 is 3.00 bits per heavy atom. The van der Waals surface area contributed by atoms with Crippen LogP contribution < -0.4 is 11.0 Å². The summed E-state index contributed by atoms with van der Waals surface area (Å²) in [4.78, 5) is 0. The number of nitrogens with one attached hydrogen (secondary N) is 2. The fourth-order valence-electron chi connectivity index (χ4n) is 0.287. The van der Waals surface area contributed by atoms with E-state index in [4.69, 9.17) is 0 Å². The molecule has 7 heavy (non-hydrogen) atoms. The maximum Gasteiger partial charge on any atom is 0.127 e. The smallest absolute Gasteiger partial charge is 0.127 e. The molecule has 2 N–H and O–H groups in total. The molecule has 1 aliphatic heterocycles. The molecule has 0 atom stereocenters. The average molecular weight is 118 g/mol. The molecule has 0 aromatic rings. The lowest BCUT2D eigenvalue weighted by atomic mass is 11.4. The van der Waals surface area contributed by atoms with Gasteiger partial charge in [-0.3, -0.25) is 5.43 Å². The van der Waals surface area contributed by atoms with Crippen molar-refractivity contribution in [2.45, 2.75) is 0 Å². The first-order chi connectivity index (χ1) is 3.43. The van der Waals surface area contributed by atoms with Gasteiger partial charge in [-0.15, -0.1) is 15.2 Å². The van der Waals surface area contributed by atoms with Gasteiger partial charge >= 0.3 is 0 Å². The van der Waals surface area contributed by atoms with Crippen molar-refractivity contribution in [2.75, 3.05) is 6.26 Å². The number of hydrazine groups is 2. The highest BCUT2D eigenvalue weighted by Gasteiger charge is 1.97. The summed E-state index contributed by atoms with van der Waals surface area (Å²) in [6.45, 7) is 0. The monoisotopic (exact) mass is 118 g/mol. The lowest BCUT2D eigenvalue weighted by molar-refractivity contribution is 0.386. The Morgan fingerprint density at radius 1 is 1.86 bits per heavy atom.